The van der Waals surface area contributed by atoms with Crippen molar-refractivity contribution >= 4 is 5.97 Å². The molecule has 0 spiro atoms. The first kappa shape index (κ1) is 41.4. The minimum Gasteiger partial charge on any atom is -0.466 e. The van der Waals surface area contributed by atoms with Gasteiger partial charge in [0, 0.05) is 13.0 Å². The Morgan fingerprint density at radius 3 is 1.43 bits per heavy atom. The number of rotatable bonds is 35. The van der Waals surface area contributed by atoms with Crippen LogP contribution in [0.4, 0.5) is 0 Å². The second kappa shape index (κ2) is 34.9. The van der Waals surface area contributed by atoms with Crippen molar-refractivity contribution in [1.82, 2.24) is 4.90 Å². The molecule has 252 valence electrons. The number of ether oxygens (including phenoxy) is 1. The molecule has 0 amide bonds. The van der Waals surface area contributed by atoms with Crippen molar-refractivity contribution in [2.75, 3.05) is 32.8 Å². The van der Waals surface area contributed by atoms with E-state index >= 15 is 0 Å². The molecule has 0 aromatic carbocycles. The molecule has 0 rings (SSSR count). The maximum absolute atomic E-state index is 11.7. The highest BCUT2D eigenvalue weighted by atomic mass is 16.5. The quantitative estimate of drug-likeness (QED) is 0.0585. The van der Waals surface area contributed by atoms with E-state index in [0.717, 1.165) is 57.7 Å². The van der Waals surface area contributed by atoms with Gasteiger partial charge in [-0.1, -0.05) is 168 Å². The van der Waals surface area contributed by atoms with Crippen LogP contribution in [0.25, 0.3) is 0 Å². The maximum Gasteiger partial charge on any atom is 0.305 e. The Bertz CT molecular complexity index is 526. The molecule has 0 aliphatic heterocycles. The van der Waals surface area contributed by atoms with Crippen molar-refractivity contribution in [2.45, 2.75) is 201 Å². The standard InChI is InChI=1S/C38H77NO3/c1-4-7-10-16-22-29-37(28-21-11-8-5-2)30-23-17-13-12-14-19-25-32-39(34-35-40)33-26-20-15-18-24-31-38(41)42-36-27-9-6-3/h37,40H,4-36H2,1-3H3. The highest BCUT2D eigenvalue weighted by Crippen LogP contribution is 2.24. The van der Waals surface area contributed by atoms with E-state index < -0.39 is 0 Å². The van der Waals surface area contributed by atoms with E-state index in [1.165, 1.54) is 141 Å². The average Bonchev–Trinajstić information content (AvgIpc) is 2.99. The molecule has 0 radical (unpaired) electrons. The summed E-state index contributed by atoms with van der Waals surface area (Å²) in [6, 6.07) is 0. The number of carbonyl (C=O) groups is 1. The Hall–Kier alpha value is -0.610. The van der Waals surface area contributed by atoms with Crippen molar-refractivity contribution in [3.63, 3.8) is 0 Å². The van der Waals surface area contributed by atoms with E-state index in [4.69, 9.17) is 4.74 Å². The van der Waals surface area contributed by atoms with Gasteiger partial charge < -0.3 is 14.7 Å². The summed E-state index contributed by atoms with van der Waals surface area (Å²) in [6.07, 6.45) is 36.4. The van der Waals surface area contributed by atoms with E-state index in [-0.39, 0.29) is 12.6 Å². The predicted octanol–water partition coefficient (Wildman–Crippen LogP) is 11.4. The number of aliphatic hydroxyl groups excluding tert-OH is 1. The molecule has 0 aromatic rings. The zero-order chi connectivity index (χ0) is 30.8. The van der Waals surface area contributed by atoms with Crippen molar-refractivity contribution in [2.24, 2.45) is 5.92 Å². The lowest BCUT2D eigenvalue weighted by Crippen LogP contribution is -2.29. The summed E-state index contributed by atoms with van der Waals surface area (Å²) in [7, 11) is 0. The molecule has 4 nitrogen and oxygen atoms in total. The second-order valence-electron chi connectivity index (χ2n) is 13.2. The molecule has 1 unspecified atom stereocenters. The van der Waals surface area contributed by atoms with Crippen molar-refractivity contribution < 1.29 is 14.6 Å². The van der Waals surface area contributed by atoms with Crippen LogP contribution < -0.4 is 0 Å². The molecule has 4 heteroatoms. The Balaban J connectivity index is 3.78. The Morgan fingerprint density at radius 2 is 0.929 bits per heavy atom. The fourth-order valence-corrected chi connectivity index (χ4v) is 6.20. The van der Waals surface area contributed by atoms with Crippen LogP contribution >= 0.6 is 0 Å². The summed E-state index contributed by atoms with van der Waals surface area (Å²) in [4.78, 5) is 14.2. The molecule has 0 aliphatic carbocycles. The fraction of sp³-hybridized carbons (Fsp3) is 0.974. The summed E-state index contributed by atoms with van der Waals surface area (Å²) >= 11 is 0. The predicted molar refractivity (Wildman–Crippen MR) is 184 cm³/mol. The number of carbonyl (C=O) groups excluding carboxylic acids is 1. The molecule has 0 aliphatic rings. The monoisotopic (exact) mass is 596 g/mol. The summed E-state index contributed by atoms with van der Waals surface area (Å²) in [6.45, 7) is 10.7. The van der Waals surface area contributed by atoms with Gasteiger partial charge in [-0.2, -0.15) is 0 Å². The molecule has 0 heterocycles. The fourth-order valence-electron chi connectivity index (χ4n) is 6.20. The molecule has 0 fully saturated rings. The maximum atomic E-state index is 11.7. The van der Waals surface area contributed by atoms with Gasteiger partial charge in [0.2, 0.25) is 0 Å². The minimum absolute atomic E-state index is 0.0227. The number of hydrogen-bond acceptors (Lipinski definition) is 4. The van der Waals surface area contributed by atoms with E-state index in [1.807, 2.05) is 0 Å². The number of unbranched alkanes of at least 4 members (excludes halogenated alkanes) is 19. The zero-order valence-electron chi connectivity index (χ0n) is 29.1. The van der Waals surface area contributed by atoms with Crippen LogP contribution in [0.2, 0.25) is 0 Å². The number of nitrogens with zero attached hydrogens (tertiary/aromatic N) is 1. The van der Waals surface area contributed by atoms with Gasteiger partial charge in [0.1, 0.15) is 0 Å². The van der Waals surface area contributed by atoms with Gasteiger partial charge in [-0.05, 0) is 44.7 Å². The van der Waals surface area contributed by atoms with Crippen molar-refractivity contribution in [3.05, 3.63) is 0 Å². The molecular weight excluding hydrogens is 518 g/mol. The van der Waals surface area contributed by atoms with Gasteiger partial charge in [-0.25, -0.2) is 0 Å². The normalized spacial score (nSPS) is 12.3. The topological polar surface area (TPSA) is 49.8 Å². The third-order valence-corrected chi connectivity index (χ3v) is 9.05. The molecular formula is C38H77NO3. The van der Waals surface area contributed by atoms with Crippen LogP contribution in [0, 0.1) is 5.92 Å². The smallest absolute Gasteiger partial charge is 0.305 e. The van der Waals surface area contributed by atoms with Gasteiger partial charge in [-0.3, -0.25) is 4.79 Å². The van der Waals surface area contributed by atoms with E-state index in [0.29, 0.717) is 13.0 Å². The number of aliphatic hydroxyl groups is 1. The van der Waals surface area contributed by atoms with Crippen molar-refractivity contribution in [1.29, 1.82) is 0 Å². The van der Waals surface area contributed by atoms with Gasteiger partial charge in [0.05, 0.1) is 13.2 Å². The highest BCUT2D eigenvalue weighted by Gasteiger charge is 2.09. The molecule has 42 heavy (non-hydrogen) atoms. The third-order valence-electron chi connectivity index (χ3n) is 9.05. The molecule has 1 N–H and O–H groups in total. The Morgan fingerprint density at radius 1 is 0.524 bits per heavy atom. The first-order chi connectivity index (χ1) is 20.7. The van der Waals surface area contributed by atoms with Crippen LogP contribution in [-0.2, 0) is 9.53 Å². The first-order valence-corrected chi connectivity index (χ1v) is 19.2. The van der Waals surface area contributed by atoms with Crippen LogP contribution in [0.15, 0.2) is 0 Å². The van der Waals surface area contributed by atoms with E-state index in [9.17, 15) is 9.90 Å². The average molecular weight is 596 g/mol. The van der Waals surface area contributed by atoms with Gasteiger partial charge in [-0.15, -0.1) is 0 Å². The summed E-state index contributed by atoms with van der Waals surface area (Å²) in [5, 5.41) is 9.48. The Labute approximate surface area is 264 Å². The SMILES string of the molecule is CCCCCCCC(CCCCCC)CCCCCCCCCN(CCO)CCCCCCCC(=O)OCCCCC. The number of hydrogen-bond donors (Lipinski definition) is 1. The molecule has 0 saturated heterocycles. The molecule has 0 aromatic heterocycles. The lowest BCUT2D eigenvalue weighted by molar-refractivity contribution is -0.143. The van der Waals surface area contributed by atoms with Crippen LogP contribution in [-0.4, -0.2) is 48.8 Å². The molecule has 1 atom stereocenters. The van der Waals surface area contributed by atoms with E-state index in [2.05, 4.69) is 25.7 Å². The lowest BCUT2D eigenvalue weighted by Gasteiger charge is -2.21. The summed E-state index contributed by atoms with van der Waals surface area (Å²) in [5.41, 5.74) is 0. The van der Waals surface area contributed by atoms with Gasteiger partial charge in [0.25, 0.3) is 0 Å². The van der Waals surface area contributed by atoms with Crippen LogP contribution in [0.1, 0.15) is 201 Å². The van der Waals surface area contributed by atoms with Crippen molar-refractivity contribution in [3.8, 4) is 0 Å². The largest absolute Gasteiger partial charge is 0.466 e. The Kier molecular flexibility index (Phi) is 34.4. The minimum atomic E-state index is -0.0227. The number of esters is 1. The lowest BCUT2D eigenvalue weighted by atomic mass is 9.89. The molecule has 0 bridgehead atoms. The van der Waals surface area contributed by atoms with Gasteiger partial charge >= 0.3 is 5.97 Å². The van der Waals surface area contributed by atoms with Gasteiger partial charge in [0.15, 0.2) is 0 Å². The first-order valence-electron chi connectivity index (χ1n) is 19.2. The van der Waals surface area contributed by atoms with Crippen LogP contribution in [0.5, 0.6) is 0 Å². The van der Waals surface area contributed by atoms with Crippen LogP contribution in [0.3, 0.4) is 0 Å². The molecule has 0 saturated carbocycles. The zero-order valence-corrected chi connectivity index (χ0v) is 29.1. The second-order valence-corrected chi connectivity index (χ2v) is 13.2. The summed E-state index contributed by atoms with van der Waals surface area (Å²) < 4.78 is 5.29. The summed E-state index contributed by atoms with van der Waals surface area (Å²) in [5.74, 6) is 0.968. The van der Waals surface area contributed by atoms with E-state index in [1.54, 1.807) is 0 Å². The highest BCUT2D eigenvalue weighted by molar-refractivity contribution is 5.69. The third kappa shape index (κ3) is 30.8.